The second kappa shape index (κ2) is 10.5. The molecule has 9 nitrogen and oxygen atoms in total. The van der Waals surface area contributed by atoms with Crippen LogP contribution in [0.15, 0.2) is 77.7 Å². The molecule has 1 aliphatic heterocycles. The fraction of sp³-hybridized carbons (Fsp3) is 0.231. The molecule has 0 unspecified atom stereocenters. The minimum absolute atomic E-state index is 0.0119. The predicted molar refractivity (Wildman–Crippen MR) is 142 cm³/mol. The van der Waals surface area contributed by atoms with Gasteiger partial charge in [-0.3, -0.25) is 9.59 Å². The topological polar surface area (TPSA) is 125 Å². The fourth-order valence-electron chi connectivity index (χ4n) is 3.98. The molecule has 37 heavy (non-hydrogen) atoms. The lowest BCUT2D eigenvalue weighted by atomic mass is 9.95. The average molecular weight is 540 g/mol. The summed E-state index contributed by atoms with van der Waals surface area (Å²) in [6.45, 7) is 5.74. The third kappa shape index (κ3) is 6.08. The summed E-state index contributed by atoms with van der Waals surface area (Å²) in [5.74, 6) is -1.31. The van der Waals surface area contributed by atoms with Crippen molar-refractivity contribution in [3.05, 3.63) is 89.5 Å². The SMILES string of the molecule is C[Si](C)(C)ONC(=O)[C@H]1Cc2ccccc2CN1S(=O)(=O)c1cccc(NC(=O)c2ccccc2O)c1. The normalized spacial score (nSPS) is 16.0. The van der Waals surface area contributed by atoms with Crippen LogP contribution in [0.1, 0.15) is 21.5 Å². The molecule has 11 heteroatoms. The van der Waals surface area contributed by atoms with Gasteiger partial charge < -0.3 is 15.0 Å². The van der Waals surface area contributed by atoms with Gasteiger partial charge in [-0.1, -0.05) is 42.5 Å². The van der Waals surface area contributed by atoms with Gasteiger partial charge in [-0.2, -0.15) is 4.31 Å². The first-order valence-electron chi connectivity index (χ1n) is 11.7. The van der Waals surface area contributed by atoms with Crippen LogP contribution < -0.4 is 10.8 Å². The summed E-state index contributed by atoms with van der Waals surface area (Å²) in [4.78, 5) is 25.7. The average Bonchev–Trinajstić information content (AvgIpc) is 2.86. The smallest absolute Gasteiger partial charge is 0.261 e. The van der Waals surface area contributed by atoms with Crippen LogP contribution in [-0.4, -0.2) is 44.0 Å². The summed E-state index contributed by atoms with van der Waals surface area (Å²) in [6.07, 6.45) is 0.194. The highest BCUT2D eigenvalue weighted by molar-refractivity contribution is 7.89. The number of hydroxylamine groups is 1. The van der Waals surface area contributed by atoms with E-state index in [9.17, 15) is 23.1 Å². The van der Waals surface area contributed by atoms with Crippen molar-refractivity contribution in [2.24, 2.45) is 0 Å². The highest BCUT2D eigenvalue weighted by atomic mass is 32.2. The lowest BCUT2D eigenvalue weighted by Crippen LogP contribution is -2.53. The number of phenolic OH excluding ortho intramolecular Hbond substituents is 1. The van der Waals surface area contributed by atoms with Gasteiger partial charge in [0.05, 0.1) is 10.5 Å². The molecule has 0 aliphatic carbocycles. The number of carbonyl (C=O) groups excluding carboxylic acids is 2. The van der Waals surface area contributed by atoms with Gasteiger partial charge in [-0.05, 0) is 67.5 Å². The van der Waals surface area contributed by atoms with Crippen LogP contribution in [0.5, 0.6) is 5.75 Å². The van der Waals surface area contributed by atoms with E-state index in [1.807, 2.05) is 43.9 Å². The molecule has 0 bridgehead atoms. The largest absolute Gasteiger partial charge is 0.507 e. The van der Waals surface area contributed by atoms with Gasteiger partial charge in [0.2, 0.25) is 18.3 Å². The van der Waals surface area contributed by atoms with E-state index < -0.39 is 36.2 Å². The van der Waals surface area contributed by atoms with Gasteiger partial charge in [-0.15, -0.1) is 0 Å². The van der Waals surface area contributed by atoms with Gasteiger partial charge in [0, 0.05) is 12.2 Å². The van der Waals surface area contributed by atoms with E-state index in [0.717, 1.165) is 11.1 Å². The molecular formula is C26H29N3O6SSi. The molecule has 1 atom stereocenters. The van der Waals surface area contributed by atoms with Crippen molar-refractivity contribution in [2.45, 2.75) is 43.5 Å². The summed E-state index contributed by atoms with van der Waals surface area (Å²) in [5, 5.41) is 12.6. The first-order chi connectivity index (χ1) is 17.5. The van der Waals surface area contributed by atoms with E-state index in [-0.39, 0.29) is 34.9 Å². The molecule has 3 N–H and O–H groups in total. The lowest BCUT2D eigenvalue weighted by Gasteiger charge is -2.35. The van der Waals surface area contributed by atoms with Crippen LogP contribution in [0.25, 0.3) is 0 Å². The number of sulfonamides is 1. The number of nitrogens with one attached hydrogen (secondary N) is 2. The van der Waals surface area contributed by atoms with Crippen molar-refractivity contribution in [3.8, 4) is 5.75 Å². The number of amides is 2. The van der Waals surface area contributed by atoms with Crippen molar-refractivity contribution in [1.29, 1.82) is 0 Å². The number of rotatable bonds is 7. The molecule has 0 fully saturated rings. The van der Waals surface area contributed by atoms with Crippen LogP contribution in [0, 0.1) is 0 Å². The Balaban J connectivity index is 1.64. The molecule has 3 aromatic rings. The Hall–Kier alpha value is -3.51. The molecule has 0 saturated heterocycles. The van der Waals surface area contributed by atoms with Crippen molar-refractivity contribution in [3.63, 3.8) is 0 Å². The van der Waals surface area contributed by atoms with E-state index in [0.29, 0.717) is 0 Å². The zero-order valence-corrected chi connectivity index (χ0v) is 22.6. The molecule has 1 aliphatic rings. The summed E-state index contributed by atoms with van der Waals surface area (Å²) < 4.78 is 34.4. The third-order valence-corrected chi connectivity index (χ3v) is 8.38. The number of hydrogen-bond donors (Lipinski definition) is 3. The Labute approximate surface area is 217 Å². The Bertz CT molecular complexity index is 1440. The fourth-order valence-corrected chi connectivity index (χ4v) is 6.00. The van der Waals surface area contributed by atoms with Crippen LogP contribution in [0.4, 0.5) is 5.69 Å². The lowest BCUT2D eigenvalue weighted by molar-refractivity contribution is -0.132. The Morgan fingerprint density at radius 3 is 2.35 bits per heavy atom. The maximum Gasteiger partial charge on any atom is 0.261 e. The number of para-hydroxylation sites is 1. The van der Waals surface area contributed by atoms with Gasteiger partial charge in [0.15, 0.2) is 0 Å². The van der Waals surface area contributed by atoms with Crippen molar-refractivity contribution >= 4 is 35.8 Å². The molecule has 0 spiro atoms. The second-order valence-corrected chi connectivity index (χ2v) is 16.0. The first kappa shape index (κ1) is 26.5. The molecule has 194 valence electrons. The highest BCUT2D eigenvalue weighted by Gasteiger charge is 2.40. The van der Waals surface area contributed by atoms with Crippen LogP contribution >= 0.6 is 0 Å². The summed E-state index contributed by atoms with van der Waals surface area (Å²) >= 11 is 0. The van der Waals surface area contributed by atoms with E-state index in [1.165, 1.54) is 34.6 Å². The molecule has 1 heterocycles. The monoisotopic (exact) mass is 539 g/mol. The van der Waals surface area contributed by atoms with E-state index in [1.54, 1.807) is 18.2 Å². The number of nitrogens with zero attached hydrogens (tertiary/aromatic N) is 1. The second-order valence-electron chi connectivity index (χ2n) is 9.72. The summed E-state index contributed by atoms with van der Waals surface area (Å²) in [7, 11) is -6.26. The maximum absolute atomic E-state index is 13.8. The van der Waals surface area contributed by atoms with E-state index in [4.69, 9.17) is 4.53 Å². The standard InChI is InChI=1S/C26H29N3O6SSi/c1-37(2,3)35-28-26(32)23-15-18-9-4-5-10-19(18)17-29(23)36(33,34)21-12-8-11-20(16-21)27-25(31)22-13-6-7-14-24(22)30/h4-14,16,23,30H,15,17H2,1-3H3,(H,27,31)(H,28,32)/t23-/m1/s1. The van der Waals surface area contributed by atoms with Crippen molar-refractivity contribution in [2.75, 3.05) is 5.32 Å². The Morgan fingerprint density at radius 1 is 0.973 bits per heavy atom. The van der Waals surface area contributed by atoms with Crippen LogP contribution in [-0.2, 0) is 32.3 Å². The van der Waals surface area contributed by atoms with Crippen LogP contribution in [0.3, 0.4) is 0 Å². The first-order valence-corrected chi connectivity index (χ1v) is 16.6. The van der Waals surface area contributed by atoms with Gasteiger partial charge in [0.1, 0.15) is 11.8 Å². The summed E-state index contributed by atoms with van der Waals surface area (Å²) in [6, 6.07) is 18.3. The van der Waals surface area contributed by atoms with Crippen molar-refractivity contribution in [1.82, 2.24) is 9.79 Å². The zero-order chi connectivity index (χ0) is 26.8. The molecular weight excluding hydrogens is 510 g/mol. The molecule has 0 radical (unpaired) electrons. The van der Waals surface area contributed by atoms with Crippen molar-refractivity contribution < 1.29 is 27.6 Å². The predicted octanol–water partition coefficient (Wildman–Crippen LogP) is 3.64. The molecule has 0 aromatic heterocycles. The number of carbonyl (C=O) groups is 2. The third-order valence-electron chi connectivity index (χ3n) is 5.81. The Morgan fingerprint density at radius 2 is 1.65 bits per heavy atom. The number of phenols is 1. The maximum atomic E-state index is 13.8. The van der Waals surface area contributed by atoms with E-state index >= 15 is 0 Å². The number of hydrogen-bond acceptors (Lipinski definition) is 6. The minimum Gasteiger partial charge on any atom is -0.507 e. The van der Waals surface area contributed by atoms with Gasteiger partial charge in [0.25, 0.3) is 11.8 Å². The summed E-state index contributed by atoms with van der Waals surface area (Å²) in [5.41, 5.74) is 4.47. The van der Waals surface area contributed by atoms with Gasteiger partial charge >= 0.3 is 0 Å². The zero-order valence-electron chi connectivity index (χ0n) is 20.8. The van der Waals surface area contributed by atoms with E-state index in [2.05, 4.69) is 10.8 Å². The number of aromatic hydroxyl groups is 1. The van der Waals surface area contributed by atoms with Gasteiger partial charge in [-0.25, -0.2) is 13.9 Å². The quantitative estimate of drug-likeness (QED) is 0.311. The molecule has 2 amide bonds. The molecule has 4 rings (SSSR count). The molecule has 3 aromatic carbocycles. The highest BCUT2D eigenvalue weighted by Crippen LogP contribution is 2.30. The number of benzene rings is 3. The van der Waals surface area contributed by atoms with Crippen LogP contribution in [0.2, 0.25) is 19.6 Å². The number of fused-ring (bicyclic) bond motifs is 1. The number of anilines is 1. The molecule has 0 saturated carbocycles. The Kier molecular flexibility index (Phi) is 7.51. The minimum atomic E-state index is -4.16.